The van der Waals surface area contributed by atoms with Crippen LogP contribution in [-0.4, -0.2) is 41.1 Å². The van der Waals surface area contributed by atoms with E-state index in [0.29, 0.717) is 0 Å². The van der Waals surface area contributed by atoms with Crippen LogP contribution >= 0.6 is 0 Å². The van der Waals surface area contributed by atoms with Crippen LogP contribution in [0.25, 0.3) is 0 Å². The zero-order chi connectivity index (χ0) is 5.21. The Morgan fingerprint density at radius 2 is 1.56 bits per heavy atom. The minimum Gasteiger partial charge on any atom is -1.00 e. The molecule has 0 aromatic heterocycles. The molecule has 0 rings (SSSR count). The Morgan fingerprint density at radius 1 is 1.44 bits per heavy atom. The molecule has 4 N–H and O–H groups in total. The molecule has 9 heavy (non-hydrogen) atoms. The standard InChI is InChI=1S/Al.Li.H2O5S.H2O.4H/c;;1-5-6(2,3)4;;;;;/h;;1H,(H,2,3,4);1H2;;;;/q;+1;;;;;;-1. The Kier molecular flexibility index (Phi) is 22.3. The molecule has 0 radical (unpaired) electrons. The third-order valence-corrected chi connectivity index (χ3v) is 0.283. The van der Waals surface area contributed by atoms with E-state index in [0.717, 1.165) is 0 Å². The second kappa shape index (κ2) is 8.92. The van der Waals surface area contributed by atoms with E-state index in [1.807, 2.05) is 0 Å². The van der Waals surface area contributed by atoms with Gasteiger partial charge in [0.2, 0.25) is 0 Å². The summed E-state index contributed by atoms with van der Waals surface area (Å²) in [6, 6.07) is 0. The SMILES string of the molecule is O.O=S(=O)(O)OO.[AlH3].[H-].[Li+]. The summed E-state index contributed by atoms with van der Waals surface area (Å²) in [5, 5.41) is 7.06. The first-order valence-electron chi connectivity index (χ1n) is 0.865. The Labute approximate surface area is 76.2 Å². The van der Waals surface area contributed by atoms with Crippen LogP contribution in [0.15, 0.2) is 0 Å². The molecule has 0 fully saturated rings. The summed E-state index contributed by atoms with van der Waals surface area (Å²) in [6.07, 6.45) is 0. The molecule has 0 heterocycles. The van der Waals surface area contributed by atoms with Crippen molar-refractivity contribution in [3.8, 4) is 0 Å². The van der Waals surface area contributed by atoms with Crippen molar-refractivity contribution >= 4 is 27.8 Å². The van der Waals surface area contributed by atoms with E-state index in [2.05, 4.69) is 4.33 Å². The van der Waals surface area contributed by atoms with Gasteiger partial charge in [-0.05, 0) is 0 Å². The van der Waals surface area contributed by atoms with Crippen LogP contribution in [0, 0.1) is 0 Å². The van der Waals surface area contributed by atoms with Gasteiger partial charge in [0.15, 0.2) is 17.4 Å². The number of hydrogen-bond acceptors (Lipinski definition) is 4. The summed E-state index contributed by atoms with van der Waals surface area (Å²) >= 11 is 0. The molecule has 0 amide bonds. The van der Waals surface area contributed by atoms with Gasteiger partial charge < -0.3 is 6.90 Å². The predicted octanol–water partition coefficient (Wildman–Crippen LogP) is -5.61. The molecule has 0 unspecified atom stereocenters. The van der Waals surface area contributed by atoms with Crippen molar-refractivity contribution in [3.63, 3.8) is 0 Å². The molecule has 0 aromatic rings. The molecule has 6 nitrogen and oxygen atoms in total. The zero-order valence-corrected chi connectivity index (χ0v) is 4.84. The summed E-state index contributed by atoms with van der Waals surface area (Å²) in [4.78, 5) is 0. The first-order valence-corrected chi connectivity index (χ1v) is 2.23. The average Bonchev–Trinajstić information content (AvgIpc) is 1.35. The van der Waals surface area contributed by atoms with Gasteiger partial charge in [-0.25, -0.2) is 5.26 Å². The van der Waals surface area contributed by atoms with Crippen LogP contribution in [0.5, 0.6) is 0 Å². The summed E-state index contributed by atoms with van der Waals surface area (Å²) in [7, 11) is -4.61. The molecule has 0 aliphatic carbocycles. The third-order valence-electron chi connectivity index (χ3n) is 0.0942. The van der Waals surface area contributed by atoms with E-state index in [4.69, 9.17) is 18.2 Å². The maximum Gasteiger partial charge on any atom is 1.00 e. The summed E-state index contributed by atoms with van der Waals surface area (Å²) in [6.45, 7) is 0. The molecule has 0 bridgehead atoms. The monoisotopic (exact) mass is 170 g/mol. The Balaban J connectivity index is -0.0000000208. The van der Waals surface area contributed by atoms with Gasteiger partial charge in [0.05, 0.1) is 0 Å². The van der Waals surface area contributed by atoms with E-state index in [1.54, 1.807) is 0 Å². The fraction of sp³-hybridized carbons (Fsp3) is 0. The molecule has 54 valence electrons. The number of hydrogen-bond donors (Lipinski definition) is 2. The molecular formula is H8AlLiO6S. The first-order chi connectivity index (χ1) is 2.56. The quantitative estimate of drug-likeness (QED) is 0.176. The Morgan fingerprint density at radius 3 is 1.56 bits per heavy atom. The van der Waals surface area contributed by atoms with E-state index in [-0.39, 0.29) is 43.1 Å². The van der Waals surface area contributed by atoms with E-state index in [9.17, 15) is 0 Å². The minimum absolute atomic E-state index is 0. The van der Waals surface area contributed by atoms with Gasteiger partial charge in [-0.1, -0.05) is 4.33 Å². The molecule has 0 spiro atoms. The van der Waals surface area contributed by atoms with Gasteiger partial charge in [0.1, 0.15) is 0 Å². The van der Waals surface area contributed by atoms with Gasteiger partial charge in [0, 0.05) is 0 Å². The van der Waals surface area contributed by atoms with Crippen molar-refractivity contribution in [1.82, 2.24) is 0 Å². The predicted molar refractivity (Wildman–Crippen MR) is 29.9 cm³/mol. The zero-order valence-electron chi connectivity index (χ0n) is 5.03. The third kappa shape index (κ3) is 27.8. The van der Waals surface area contributed by atoms with Crippen molar-refractivity contribution in [2.75, 3.05) is 0 Å². The fourth-order valence-electron chi connectivity index (χ4n) is 0. The van der Waals surface area contributed by atoms with E-state index >= 15 is 0 Å². The van der Waals surface area contributed by atoms with Crippen LogP contribution in [0.1, 0.15) is 1.43 Å². The largest absolute Gasteiger partial charge is 1.00 e. The van der Waals surface area contributed by atoms with Crippen molar-refractivity contribution in [2.24, 2.45) is 0 Å². The minimum atomic E-state index is -4.61. The Hall–Kier alpha value is 0.920. The molecule has 0 aliphatic heterocycles. The molecular weight excluding hydrogens is 162 g/mol. The number of rotatable bonds is 1. The summed E-state index contributed by atoms with van der Waals surface area (Å²) in [5.41, 5.74) is 0. The van der Waals surface area contributed by atoms with Crippen molar-refractivity contribution < 1.29 is 48.3 Å². The molecule has 0 saturated heterocycles. The maximum absolute atomic E-state index is 9.08. The second-order valence-corrected chi connectivity index (χ2v) is 1.51. The van der Waals surface area contributed by atoms with Gasteiger partial charge in [-0.2, -0.15) is 8.42 Å². The van der Waals surface area contributed by atoms with Crippen molar-refractivity contribution in [2.45, 2.75) is 0 Å². The van der Waals surface area contributed by atoms with E-state index in [1.165, 1.54) is 0 Å². The fourth-order valence-corrected chi connectivity index (χ4v) is 0. The van der Waals surface area contributed by atoms with Gasteiger partial charge >= 0.3 is 29.3 Å². The Bertz CT molecular complexity index is 120. The maximum atomic E-state index is 9.08. The molecule has 0 aromatic carbocycles. The smallest absolute Gasteiger partial charge is 1.00 e. The van der Waals surface area contributed by atoms with Gasteiger partial charge in [-0.3, -0.25) is 4.55 Å². The van der Waals surface area contributed by atoms with Crippen LogP contribution in [-0.2, 0) is 14.7 Å². The normalized spacial score (nSPS) is 7.78. The van der Waals surface area contributed by atoms with Crippen LogP contribution in [0.2, 0.25) is 0 Å². The van der Waals surface area contributed by atoms with Crippen molar-refractivity contribution in [1.29, 1.82) is 0 Å². The molecule has 0 aliphatic rings. The molecule has 0 atom stereocenters. The second-order valence-electron chi connectivity index (χ2n) is 0.502. The topological polar surface area (TPSA) is 115 Å². The van der Waals surface area contributed by atoms with E-state index < -0.39 is 10.4 Å². The molecule has 9 heteroatoms. The van der Waals surface area contributed by atoms with Crippen LogP contribution in [0.4, 0.5) is 0 Å². The van der Waals surface area contributed by atoms with Crippen molar-refractivity contribution in [3.05, 3.63) is 0 Å². The van der Waals surface area contributed by atoms with Crippen LogP contribution in [0.3, 0.4) is 0 Å². The average molecular weight is 170 g/mol. The van der Waals surface area contributed by atoms with Gasteiger partial charge in [0.25, 0.3) is 0 Å². The first kappa shape index (κ1) is 22.5. The molecule has 0 saturated carbocycles. The summed E-state index contributed by atoms with van der Waals surface area (Å²) < 4.78 is 28.0. The van der Waals surface area contributed by atoms with Crippen LogP contribution < -0.4 is 18.9 Å². The van der Waals surface area contributed by atoms with Gasteiger partial charge in [-0.15, -0.1) is 0 Å². The summed E-state index contributed by atoms with van der Waals surface area (Å²) in [5.74, 6) is 0.